The van der Waals surface area contributed by atoms with E-state index < -0.39 is 0 Å². The second kappa shape index (κ2) is 10.3. The maximum absolute atomic E-state index is 10.9. The molecule has 9 heteroatoms. The van der Waals surface area contributed by atoms with Gasteiger partial charge in [0.25, 0.3) is 5.69 Å². The molecule has 0 radical (unpaired) electrons. The van der Waals surface area contributed by atoms with Crippen LogP contribution in [0.4, 0.5) is 5.69 Å². The molecular formula is C20H25IN4O4. The summed E-state index contributed by atoms with van der Waals surface area (Å²) in [5.41, 5.74) is 3.33. The van der Waals surface area contributed by atoms with Gasteiger partial charge < -0.3 is 19.7 Å². The van der Waals surface area contributed by atoms with E-state index in [1.807, 2.05) is 18.2 Å². The van der Waals surface area contributed by atoms with Crippen molar-refractivity contribution in [3.8, 4) is 11.5 Å². The third-order valence-electron chi connectivity index (χ3n) is 4.80. The van der Waals surface area contributed by atoms with E-state index in [4.69, 9.17) is 9.47 Å². The van der Waals surface area contributed by atoms with Crippen molar-refractivity contribution in [3.05, 3.63) is 63.2 Å². The second-order valence-corrected chi connectivity index (χ2v) is 6.48. The Kier molecular flexibility index (Phi) is 8.06. The molecule has 0 saturated heterocycles. The van der Waals surface area contributed by atoms with E-state index in [1.54, 1.807) is 33.4 Å². The van der Waals surface area contributed by atoms with Gasteiger partial charge in [0.1, 0.15) is 0 Å². The second-order valence-electron chi connectivity index (χ2n) is 6.48. The minimum atomic E-state index is -0.387. The van der Waals surface area contributed by atoms with E-state index in [1.165, 1.54) is 17.2 Å². The summed E-state index contributed by atoms with van der Waals surface area (Å²) in [6.45, 7) is 1.98. The summed E-state index contributed by atoms with van der Waals surface area (Å²) in [7, 11) is 5.00. The molecule has 2 aromatic carbocycles. The Labute approximate surface area is 187 Å². The number of nitro benzene ring substituents is 1. The van der Waals surface area contributed by atoms with Crippen LogP contribution < -0.4 is 14.8 Å². The molecule has 8 nitrogen and oxygen atoms in total. The van der Waals surface area contributed by atoms with Crippen molar-refractivity contribution in [2.75, 3.05) is 27.8 Å². The predicted octanol–water partition coefficient (Wildman–Crippen LogP) is 3.36. The van der Waals surface area contributed by atoms with Gasteiger partial charge in [0, 0.05) is 38.8 Å². The van der Waals surface area contributed by atoms with E-state index in [0.29, 0.717) is 18.8 Å². The molecule has 29 heavy (non-hydrogen) atoms. The maximum Gasteiger partial charge on any atom is 0.269 e. The van der Waals surface area contributed by atoms with E-state index >= 15 is 0 Å². The van der Waals surface area contributed by atoms with Gasteiger partial charge in [-0.1, -0.05) is 12.1 Å². The molecule has 1 heterocycles. The molecule has 0 spiro atoms. The Morgan fingerprint density at radius 2 is 1.90 bits per heavy atom. The Morgan fingerprint density at radius 3 is 2.52 bits per heavy atom. The zero-order valence-corrected chi connectivity index (χ0v) is 19.0. The highest BCUT2D eigenvalue weighted by Gasteiger charge is 2.21. The first-order valence-electron chi connectivity index (χ1n) is 8.98. The fourth-order valence-electron chi connectivity index (χ4n) is 3.36. The minimum absolute atomic E-state index is 0. The number of halogens is 1. The van der Waals surface area contributed by atoms with Crippen LogP contribution in [0.1, 0.15) is 16.7 Å². The average Bonchev–Trinajstić information content (AvgIpc) is 2.73. The maximum atomic E-state index is 10.9. The quantitative estimate of drug-likeness (QED) is 0.217. The SMILES string of the molecule is CN=C(NCc1cccc([N+](=O)[O-])c1)N1CCc2cc(OC)c(OC)cc2C1.I. The number of fused-ring (bicyclic) bond motifs is 1. The van der Waals surface area contributed by atoms with Crippen LogP contribution in [0.3, 0.4) is 0 Å². The number of nitrogens with one attached hydrogen (secondary N) is 1. The summed E-state index contributed by atoms with van der Waals surface area (Å²) < 4.78 is 10.8. The van der Waals surface area contributed by atoms with Crippen molar-refractivity contribution >= 4 is 35.6 Å². The average molecular weight is 512 g/mol. The lowest BCUT2D eigenvalue weighted by Crippen LogP contribution is -2.43. The number of methoxy groups -OCH3 is 2. The molecule has 0 saturated carbocycles. The van der Waals surface area contributed by atoms with Gasteiger partial charge in [0.15, 0.2) is 17.5 Å². The monoisotopic (exact) mass is 512 g/mol. The zero-order chi connectivity index (χ0) is 20.1. The lowest BCUT2D eigenvalue weighted by molar-refractivity contribution is -0.384. The summed E-state index contributed by atoms with van der Waals surface area (Å²) in [6, 6.07) is 10.6. The molecule has 3 rings (SSSR count). The Balaban J connectivity index is 0.00000300. The molecule has 0 aliphatic carbocycles. The number of benzene rings is 2. The van der Waals surface area contributed by atoms with Gasteiger partial charge in [-0.15, -0.1) is 24.0 Å². The number of ether oxygens (including phenoxy) is 2. The lowest BCUT2D eigenvalue weighted by Gasteiger charge is -2.32. The largest absolute Gasteiger partial charge is 0.493 e. The summed E-state index contributed by atoms with van der Waals surface area (Å²) in [4.78, 5) is 17.1. The van der Waals surface area contributed by atoms with Crippen LogP contribution in [0, 0.1) is 10.1 Å². The first-order chi connectivity index (χ1) is 13.5. The number of hydrogen-bond donors (Lipinski definition) is 1. The first-order valence-corrected chi connectivity index (χ1v) is 8.98. The smallest absolute Gasteiger partial charge is 0.269 e. The number of nitro groups is 1. The van der Waals surface area contributed by atoms with Crippen LogP contribution >= 0.6 is 24.0 Å². The van der Waals surface area contributed by atoms with Gasteiger partial charge in [0.2, 0.25) is 0 Å². The van der Waals surface area contributed by atoms with E-state index in [2.05, 4.69) is 15.2 Å². The highest BCUT2D eigenvalue weighted by atomic mass is 127. The summed E-state index contributed by atoms with van der Waals surface area (Å²) in [6.07, 6.45) is 0.868. The molecule has 0 atom stereocenters. The minimum Gasteiger partial charge on any atom is -0.493 e. The summed E-state index contributed by atoms with van der Waals surface area (Å²) >= 11 is 0. The predicted molar refractivity (Wildman–Crippen MR) is 122 cm³/mol. The molecule has 0 unspecified atom stereocenters. The first kappa shape index (κ1) is 22.7. The summed E-state index contributed by atoms with van der Waals surface area (Å²) in [5, 5.41) is 14.2. The Morgan fingerprint density at radius 1 is 1.21 bits per heavy atom. The van der Waals surface area contributed by atoms with E-state index in [9.17, 15) is 10.1 Å². The third-order valence-corrected chi connectivity index (χ3v) is 4.80. The normalized spacial score (nSPS) is 13.2. The van der Waals surface area contributed by atoms with Crippen LogP contribution in [0.5, 0.6) is 11.5 Å². The number of hydrogen-bond acceptors (Lipinski definition) is 5. The Bertz CT molecular complexity index is 904. The van der Waals surface area contributed by atoms with Gasteiger partial charge in [0.05, 0.1) is 19.1 Å². The van der Waals surface area contributed by atoms with Crippen molar-refractivity contribution in [1.29, 1.82) is 0 Å². The lowest BCUT2D eigenvalue weighted by atomic mass is 9.99. The van der Waals surface area contributed by atoms with Crippen molar-refractivity contribution in [1.82, 2.24) is 10.2 Å². The zero-order valence-electron chi connectivity index (χ0n) is 16.7. The molecule has 0 fully saturated rings. The van der Waals surface area contributed by atoms with Crippen molar-refractivity contribution in [2.45, 2.75) is 19.5 Å². The van der Waals surface area contributed by atoms with Crippen molar-refractivity contribution in [3.63, 3.8) is 0 Å². The highest BCUT2D eigenvalue weighted by molar-refractivity contribution is 14.0. The standard InChI is InChI=1S/C20H24N4O4.HI/c1-21-20(22-12-14-5-4-6-17(9-14)24(25)26)23-8-7-15-10-18(27-2)19(28-3)11-16(15)13-23;/h4-6,9-11H,7-8,12-13H2,1-3H3,(H,21,22);1H. The van der Waals surface area contributed by atoms with Gasteiger partial charge in [-0.05, 0) is 35.2 Å². The van der Waals surface area contributed by atoms with Crippen LogP contribution in [-0.4, -0.2) is 43.6 Å². The molecule has 1 aliphatic rings. The number of rotatable bonds is 5. The number of guanidine groups is 1. The van der Waals surface area contributed by atoms with Crippen LogP contribution in [0.15, 0.2) is 41.4 Å². The topological polar surface area (TPSA) is 89.2 Å². The molecule has 1 aliphatic heterocycles. The molecule has 1 N–H and O–H groups in total. The molecule has 0 aromatic heterocycles. The van der Waals surface area contributed by atoms with Crippen LogP contribution in [0.2, 0.25) is 0 Å². The Hall–Kier alpha value is -2.56. The molecule has 0 bridgehead atoms. The van der Waals surface area contributed by atoms with E-state index in [0.717, 1.165) is 30.2 Å². The van der Waals surface area contributed by atoms with Gasteiger partial charge in [-0.25, -0.2) is 0 Å². The molecule has 2 aromatic rings. The fraction of sp³-hybridized carbons (Fsp3) is 0.350. The van der Waals surface area contributed by atoms with E-state index in [-0.39, 0.29) is 34.6 Å². The van der Waals surface area contributed by atoms with Gasteiger partial charge >= 0.3 is 0 Å². The van der Waals surface area contributed by atoms with Crippen LogP contribution in [-0.2, 0) is 19.5 Å². The number of aliphatic imine (C=N–C) groups is 1. The van der Waals surface area contributed by atoms with Crippen LogP contribution in [0.25, 0.3) is 0 Å². The van der Waals surface area contributed by atoms with Crippen molar-refractivity contribution in [2.24, 2.45) is 4.99 Å². The third kappa shape index (κ3) is 5.28. The molecule has 0 amide bonds. The highest BCUT2D eigenvalue weighted by Crippen LogP contribution is 2.33. The number of non-ortho nitro benzene ring substituents is 1. The number of nitrogens with zero attached hydrogens (tertiary/aromatic N) is 3. The molecule has 156 valence electrons. The molecular weight excluding hydrogens is 487 g/mol. The van der Waals surface area contributed by atoms with Crippen molar-refractivity contribution < 1.29 is 14.4 Å². The fourth-order valence-corrected chi connectivity index (χ4v) is 3.36. The van der Waals surface area contributed by atoms with Gasteiger partial charge in [-0.2, -0.15) is 0 Å². The van der Waals surface area contributed by atoms with Gasteiger partial charge in [-0.3, -0.25) is 15.1 Å². The summed E-state index contributed by atoms with van der Waals surface area (Å²) in [5.74, 6) is 2.21.